The summed E-state index contributed by atoms with van der Waals surface area (Å²) < 4.78 is 5.07. The normalized spacial score (nSPS) is 19.9. The van der Waals surface area contributed by atoms with E-state index in [9.17, 15) is 10.1 Å². The number of piperidine rings is 1. The number of nitro groups is 1. The van der Waals surface area contributed by atoms with E-state index in [1.165, 1.54) is 7.11 Å². The third kappa shape index (κ3) is 2.39. The zero-order valence-corrected chi connectivity index (χ0v) is 9.81. The van der Waals surface area contributed by atoms with Gasteiger partial charge in [0.1, 0.15) is 0 Å². The van der Waals surface area contributed by atoms with Crippen molar-refractivity contribution in [2.45, 2.75) is 25.3 Å². The van der Waals surface area contributed by atoms with Crippen LogP contribution in [0.2, 0.25) is 0 Å². The molecular weight excluding hydrogens is 220 g/mol. The molecule has 0 radical (unpaired) electrons. The van der Waals surface area contributed by atoms with Crippen molar-refractivity contribution in [3.05, 3.63) is 33.9 Å². The lowest BCUT2D eigenvalue weighted by Crippen LogP contribution is -2.27. The van der Waals surface area contributed by atoms with Crippen LogP contribution in [0.1, 0.15) is 30.9 Å². The van der Waals surface area contributed by atoms with E-state index in [0.717, 1.165) is 31.4 Å². The van der Waals surface area contributed by atoms with Gasteiger partial charge in [0.05, 0.1) is 17.6 Å². The van der Waals surface area contributed by atoms with Crippen LogP contribution in [0, 0.1) is 10.1 Å². The standard InChI is InChI=1S/C12H16N2O3/c1-17-11-7-4-5-9(12(11)14(15)16)10-6-2-3-8-13-10/h4-5,7,10,13H,2-3,6,8H2,1H3. The van der Waals surface area contributed by atoms with Crippen molar-refractivity contribution in [2.75, 3.05) is 13.7 Å². The smallest absolute Gasteiger partial charge is 0.315 e. The lowest BCUT2D eigenvalue weighted by molar-refractivity contribution is -0.386. The highest BCUT2D eigenvalue weighted by molar-refractivity contribution is 5.54. The summed E-state index contributed by atoms with van der Waals surface area (Å²) in [5.41, 5.74) is 0.823. The number of hydrogen-bond acceptors (Lipinski definition) is 4. The minimum Gasteiger partial charge on any atom is -0.490 e. The third-order valence-corrected chi connectivity index (χ3v) is 3.12. The molecule has 17 heavy (non-hydrogen) atoms. The van der Waals surface area contributed by atoms with Gasteiger partial charge < -0.3 is 10.1 Å². The van der Waals surface area contributed by atoms with Gasteiger partial charge in [-0.1, -0.05) is 18.6 Å². The second kappa shape index (κ2) is 5.14. The Balaban J connectivity index is 2.40. The Kier molecular flexibility index (Phi) is 3.58. The fourth-order valence-electron chi connectivity index (χ4n) is 2.30. The van der Waals surface area contributed by atoms with Gasteiger partial charge in [0.25, 0.3) is 0 Å². The van der Waals surface area contributed by atoms with Gasteiger partial charge in [0.2, 0.25) is 0 Å². The Hall–Kier alpha value is -1.62. The molecule has 0 amide bonds. The summed E-state index contributed by atoms with van der Waals surface area (Å²) >= 11 is 0. The van der Waals surface area contributed by atoms with E-state index in [0.29, 0.717) is 5.75 Å². The van der Waals surface area contributed by atoms with Crippen LogP contribution in [-0.4, -0.2) is 18.6 Å². The van der Waals surface area contributed by atoms with Gasteiger partial charge in [-0.3, -0.25) is 10.1 Å². The number of hydrogen-bond donors (Lipinski definition) is 1. The molecule has 5 nitrogen and oxygen atoms in total. The summed E-state index contributed by atoms with van der Waals surface area (Å²) in [7, 11) is 1.46. The molecule has 1 aromatic rings. The lowest BCUT2D eigenvalue weighted by atomic mass is 9.96. The van der Waals surface area contributed by atoms with E-state index >= 15 is 0 Å². The summed E-state index contributed by atoms with van der Waals surface area (Å²) in [4.78, 5) is 10.8. The molecule has 1 aliphatic rings. The molecule has 1 heterocycles. The maximum Gasteiger partial charge on any atom is 0.315 e. The molecule has 1 unspecified atom stereocenters. The monoisotopic (exact) mass is 236 g/mol. The van der Waals surface area contributed by atoms with Crippen molar-refractivity contribution in [2.24, 2.45) is 0 Å². The van der Waals surface area contributed by atoms with Gasteiger partial charge in [0.15, 0.2) is 5.75 Å². The Morgan fingerprint density at radius 3 is 2.88 bits per heavy atom. The molecule has 0 saturated carbocycles. The number of benzene rings is 1. The number of nitrogens with zero attached hydrogens (tertiary/aromatic N) is 1. The molecule has 1 atom stereocenters. The van der Waals surface area contributed by atoms with Crippen molar-refractivity contribution < 1.29 is 9.66 Å². The highest BCUT2D eigenvalue weighted by Gasteiger charge is 2.27. The predicted octanol–water partition coefficient (Wildman–Crippen LogP) is 2.42. The first-order chi connectivity index (χ1) is 8.24. The third-order valence-electron chi connectivity index (χ3n) is 3.12. The number of methoxy groups -OCH3 is 1. The molecule has 0 aromatic heterocycles. The maximum atomic E-state index is 11.1. The van der Waals surface area contributed by atoms with Crippen LogP contribution in [0.4, 0.5) is 5.69 Å². The molecule has 92 valence electrons. The van der Waals surface area contributed by atoms with Crippen LogP contribution in [0.3, 0.4) is 0 Å². The van der Waals surface area contributed by atoms with E-state index in [1.807, 2.05) is 6.07 Å². The molecular formula is C12H16N2O3. The number of para-hydroxylation sites is 1. The fraction of sp³-hybridized carbons (Fsp3) is 0.500. The minimum atomic E-state index is -0.357. The van der Waals surface area contributed by atoms with E-state index in [-0.39, 0.29) is 16.7 Å². The zero-order valence-electron chi connectivity index (χ0n) is 9.81. The number of ether oxygens (including phenoxy) is 1. The van der Waals surface area contributed by atoms with Crippen LogP contribution in [0.5, 0.6) is 5.75 Å². The molecule has 1 fully saturated rings. The summed E-state index contributed by atoms with van der Waals surface area (Å²) in [6.07, 6.45) is 3.17. The number of nitrogens with one attached hydrogen (secondary N) is 1. The molecule has 1 aromatic carbocycles. The summed E-state index contributed by atoms with van der Waals surface area (Å²) in [5.74, 6) is 0.333. The van der Waals surface area contributed by atoms with Gasteiger partial charge in [-0.15, -0.1) is 0 Å². The van der Waals surface area contributed by atoms with Crippen molar-refractivity contribution in [3.8, 4) is 5.75 Å². The Morgan fingerprint density at radius 2 is 2.29 bits per heavy atom. The van der Waals surface area contributed by atoms with Crippen molar-refractivity contribution in [1.82, 2.24) is 5.32 Å². The van der Waals surface area contributed by atoms with Gasteiger partial charge in [0, 0.05) is 6.04 Å². The topological polar surface area (TPSA) is 64.4 Å². The average molecular weight is 236 g/mol. The van der Waals surface area contributed by atoms with Crippen molar-refractivity contribution in [1.29, 1.82) is 0 Å². The lowest BCUT2D eigenvalue weighted by Gasteiger charge is -2.23. The van der Waals surface area contributed by atoms with Crippen LogP contribution in [0.15, 0.2) is 18.2 Å². The molecule has 1 saturated heterocycles. The van der Waals surface area contributed by atoms with Crippen molar-refractivity contribution in [3.63, 3.8) is 0 Å². The highest BCUT2D eigenvalue weighted by atomic mass is 16.6. The van der Waals surface area contributed by atoms with E-state index < -0.39 is 0 Å². The molecule has 2 rings (SSSR count). The summed E-state index contributed by atoms with van der Waals surface area (Å²) in [5, 5.41) is 14.5. The predicted molar refractivity (Wildman–Crippen MR) is 64.2 cm³/mol. The Labute approximate surface area is 99.9 Å². The minimum absolute atomic E-state index is 0.0687. The van der Waals surface area contributed by atoms with Gasteiger partial charge in [-0.25, -0.2) is 0 Å². The SMILES string of the molecule is COc1cccc(C2CCCCN2)c1[N+](=O)[O-]. The van der Waals surface area contributed by atoms with E-state index in [2.05, 4.69) is 5.32 Å². The highest BCUT2D eigenvalue weighted by Crippen LogP contribution is 2.36. The first-order valence-electron chi connectivity index (χ1n) is 5.78. The molecule has 0 spiro atoms. The van der Waals surface area contributed by atoms with Crippen LogP contribution < -0.4 is 10.1 Å². The van der Waals surface area contributed by atoms with Crippen LogP contribution in [0.25, 0.3) is 0 Å². The zero-order chi connectivity index (χ0) is 12.3. The summed E-state index contributed by atoms with van der Waals surface area (Å²) in [6.45, 7) is 0.916. The second-order valence-corrected chi connectivity index (χ2v) is 4.16. The molecule has 5 heteroatoms. The molecule has 1 N–H and O–H groups in total. The van der Waals surface area contributed by atoms with E-state index in [1.54, 1.807) is 12.1 Å². The quantitative estimate of drug-likeness (QED) is 0.646. The van der Waals surface area contributed by atoms with Gasteiger partial charge >= 0.3 is 5.69 Å². The molecule has 0 bridgehead atoms. The number of rotatable bonds is 3. The first-order valence-corrected chi connectivity index (χ1v) is 5.78. The fourth-order valence-corrected chi connectivity index (χ4v) is 2.30. The largest absolute Gasteiger partial charge is 0.490 e. The van der Waals surface area contributed by atoms with Gasteiger partial charge in [-0.2, -0.15) is 0 Å². The van der Waals surface area contributed by atoms with Gasteiger partial charge in [-0.05, 0) is 25.5 Å². The van der Waals surface area contributed by atoms with Crippen LogP contribution in [-0.2, 0) is 0 Å². The van der Waals surface area contributed by atoms with E-state index in [4.69, 9.17) is 4.74 Å². The second-order valence-electron chi connectivity index (χ2n) is 4.16. The Bertz CT molecular complexity index is 414. The van der Waals surface area contributed by atoms with Crippen molar-refractivity contribution >= 4 is 5.69 Å². The van der Waals surface area contributed by atoms with Crippen LogP contribution >= 0.6 is 0 Å². The molecule has 1 aliphatic heterocycles. The first kappa shape index (κ1) is 11.9. The number of nitro benzene ring substituents is 1. The summed E-state index contributed by atoms with van der Waals surface area (Å²) in [6, 6.07) is 5.31. The molecule has 0 aliphatic carbocycles. The maximum absolute atomic E-state index is 11.1. The average Bonchev–Trinajstić information content (AvgIpc) is 2.38. The Morgan fingerprint density at radius 1 is 1.47 bits per heavy atom.